The van der Waals surface area contributed by atoms with Crippen LogP contribution < -0.4 is 0 Å². The summed E-state index contributed by atoms with van der Waals surface area (Å²) in [5, 5.41) is 2.51. The lowest BCUT2D eigenvalue weighted by Crippen LogP contribution is -2.14. The SMILES string of the molecule is CC1(C)c2ccccc2-c2ccc(-c3ccc4c(c3)c3c(Br)cccc3n4-c3ccccc3)cc21. The molecule has 168 valence electrons. The van der Waals surface area contributed by atoms with Crippen molar-refractivity contribution in [2.24, 2.45) is 0 Å². The van der Waals surface area contributed by atoms with Crippen LogP contribution in [0.15, 0.2) is 114 Å². The second-order valence-corrected chi connectivity index (χ2v) is 10.8. The third kappa shape index (κ3) is 2.93. The summed E-state index contributed by atoms with van der Waals surface area (Å²) in [6.45, 7) is 4.68. The minimum Gasteiger partial charge on any atom is -0.309 e. The molecule has 0 N–H and O–H groups in total. The van der Waals surface area contributed by atoms with Crippen molar-refractivity contribution < 1.29 is 0 Å². The molecule has 0 amide bonds. The second-order valence-electron chi connectivity index (χ2n) is 9.97. The number of para-hydroxylation sites is 1. The number of benzene rings is 5. The molecule has 0 saturated carbocycles. The smallest absolute Gasteiger partial charge is 0.0552 e. The van der Waals surface area contributed by atoms with Gasteiger partial charge in [-0.3, -0.25) is 0 Å². The highest BCUT2D eigenvalue weighted by Gasteiger charge is 2.35. The van der Waals surface area contributed by atoms with E-state index in [2.05, 4.69) is 144 Å². The van der Waals surface area contributed by atoms with Crippen molar-refractivity contribution in [3.05, 3.63) is 125 Å². The van der Waals surface area contributed by atoms with Gasteiger partial charge in [-0.05, 0) is 75.8 Å². The molecule has 0 aliphatic heterocycles. The molecule has 1 nitrogen and oxygen atoms in total. The van der Waals surface area contributed by atoms with Crippen LogP contribution >= 0.6 is 15.9 Å². The molecule has 2 heteroatoms. The lowest BCUT2D eigenvalue weighted by Gasteiger charge is -2.22. The largest absolute Gasteiger partial charge is 0.309 e. The molecule has 0 unspecified atom stereocenters. The van der Waals surface area contributed by atoms with Crippen LogP contribution in [-0.4, -0.2) is 4.57 Å². The first kappa shape index (κ1) is 20.7. The molecule has 35 heavy (non-hydrogen) atoms. The number of fused-ring (bicyclic) bond motifs is 6. The van der Waals surface area contributed by atoms with Gasteiger partial charge in [0.25, 0.3) is 0 Å². The number of hydrogen-bond acceptors (Lipinski definition) is 0. The minimum atomic E-state index is -0.00159. The molecular formula is C33H24BrN. The van der Waals surface area contributed by atoms with Gasteiger partial charge in [-0.2, -0.15) is 0 Å². The zero-order valence-corrected chi connectivity index (χ0v) is 21.3. The topological polar surface area (TPSA) is 4.93 Å². The zero-order chi connectivity index (χ0) is 23.7. The van der Waals surface area contributed by atoms with Crippen molar-refractivity contribution in [3.63, 3.8) is 0 Å². The molecule has 7 rings (SSSR count). The van der Waals surface area contributed by atoms with Crippen LogP contribution in [0, 0.1) is 0 Å². The van der Waals surface area contributed by atoms with E-state index in [1.165, 1.54) is 60.9 Å². The Morgan fingerprint density at radius 3 is 2.17 bits per heavy atom. The van der Waals surface area contributed by atoms with E-state index in [1.807, 2.05) is 0 Å². The Labute approximate surface area is 213 Å². The van der Waals surface area contributed by atoms with Crippen molar-refractivity contribution >= 4 is 37.7 Å². The Balaban J connectivity index is 1.46. The van der Waals surface area contributed by atoms with Gasteiger partial charge in [-0.15, -0.1) is 0 Å². The zero-order valence-electron chi connectivity index (χ0n) is 19.7. The van der Waals surface area contributed by atoms with Gasteiger partial charge in [0.05, 0.1) is 11.0 Å². The number of hydrogen-bond donors (Lipinski definition) is 0. The van der Waals surface area contributed by atoms with E-state index in [1.54, 1.807) is 0 Å². The molecule has 1 aromatic heterocycles. The van der Waals surface area contributed by atoms with E-state index in [0.717, 1.165) is 4.47 Å². The van der Waals surface area contributed by atoms with Crippen LogP contribution in [0.25, 0.3) is 49.7 Å². The Hall–Kier alpha value is -3.62. The van der Waals surface area contributed by atoms with E-state index >= 15 is 0 Å². The van der Waals surface area contributed by atoms with Crippen molar-refractivity contribution in [2.45, 2.75) is 19.3 Å². The van der Waals surface area contributed by atoms with Crippen LogP contribution in [0.2, 0.25) is 0 Å². The predicted molar refractivity (Wildman–Crippen MR) is 151 cm³/mol. The van der Waals surface area contributed by atoms with Crippen molar-refractivity contribution in [3.8, 4) is 27.9 Å². The fourth-order valence-corrected chi connectivity index (χ4v) is 6.51. The summed E-state index contributed by atoms with van der Waals surface area (Å²) in [7, 11) is 0. The fourth-order valence-electron chi connectivity index (χ4n) is 5.95. The van der Waals surface area contributed by atoms with Crippen molar-refractivity contribution in [2.75, 3.05) is 0 Å². The molecule has 1 aliphatic carbocycles. The molecule has 0 bridgehead atoms. The number of nitrogens with zero attached hydrogens (tertiary/aromatic N) is 1. The minimum absolute atomic E-state index is 0.00159. The molecule has 6 aromatic rings. The van der Waals surface area contributed by atoms with Crippen LogP contribution in [0.4, 0.5) is 0 Å². The lowest BCUT2D eigenvalue weighted by molar-refractivity contribution is 0.660. The van der Waals surface area contributed by atoms with Gasteiger partial charge in [0.2, 0.25) is 0 Å². The van der Waals surface area contributed by atoms with Crippen LogP contribution in [0.3, 0.4) is 0 Å². The molecule has 1 aliphatic rings. The summed E-state index contributed by atoms with van der Waals surface area (Å²) in [6, 6.07) is 39.8. The maximum Gasteiger partial charge on any atom is 0.0552 e. The van der Waals surface area contributed by atoms with E-state index in [9.17, 15) is 0 Å². The third-order valence-corrected chi connectivity index (χ3v) is 8.33. The van der Waals surface area contributed by atoms with Gasteiger partial charge >= 0.3 is 0 Å². The van der Waals surface area contributed by atoms with Crippen molar-refractivity contribution in [1.29, 1.82) is 0 Å². The van der Waals surface area contributed by atoms with Crippen LogP contribution in [0.5, 0.6) is 0 Å². The van der Waals surface area contributed by atoms with E-state index < -0.39 is 0 Å². The average molecular weight is 514 g/mol. The Morgan fingerprint density at radius 1 is 0.600 bits per heavy atom. The van der Waals surface area contributed by atoms with Gasteiger partial charge in [0, 0.05) is 26.3 Å². The number of rotatable bonds is 2. The van der Waals surface area contributed by atoms with E-state index in [4.69, 9.17) is 0 Å². The van der Waals surface area contributed by atoms with Gasteiger partial charge in [-0.1, -0.05) is 96.5 Å². The molecule has 1 heterocycles. The standard InChI is InChI=1S/C33H24BrN/c1-33(2)27-12-7-6-11-24(27)25-17-15-22(20-28(25)33)21-16-18-30-26(19-21)32-29(34)13-8-14-31(32)35(30)23-9-4-3-5-10-23/h3-20H,1-2H3. The highest BCUT2D eigenvalue weighted by molar-refractivity contribution is 9.10. The first-order valence-corrected chi connectivity index (χ1v) is 12.9. The van der Waals surface area contributed by atoms with E-state index in [-0.39, 0.29) is 5.41 Å². The number of halogens is 1. The first-order valence-electron chi connectivity index (χ1n) is 12.1. The lowest BCUT2D eigenvalue weighted by atomic mass is 9.81. The second kappa shape index (κ2) is 7.44. The first-order chi connectivity index (χ1) is 17.0. The van der Waals surface area contributed by atoms with Crippen molar-refractivity contribution in [1.82, 2.24) is 4.57 Å². The average Bonchev–Trinajstić information content (AvgIpc) is 3.34. The van der Waals surface area contributed by atoms with Gasteiger partial charge in [0.1, 0.15) is 0 Å². The summed E-state index contributed by atoms with van der Waals surface area (Å²) in [6.07, 6.45) is 0. The molecule has 0 atom stereocenters. The highest BCUT2D eigenvalue weighted by Crippen LogP contribution is 2.49. The summed E-state index contributed by atoms with van der Waals surface area (Å²) in [5.74, 6) is 0. The molecule has 0 saturated heterocycles. The summed E-state index contributed by atoms with van der Waals surface area (Å²) >= 11 is 3.84. The molecule has 0 fully saturated rings. The van der Waals surface area contributed by atoms with E-state index in [0.29, 0.717) is 0 Å². The Morgan fingerprint density at radius 2 is 1.31 bits per heavy atom. The van der Waals surface area contributed by atoms with Gasteiger partial charge in [-0.25, -0.2) is 0 Å². The Kier molecular flexibility index (Phi) is 4.40. The molecule has 0 radical (unpaired) electrons. The summed E-state index contributed by atoms with van der Waals surface area (Å²) < 4.78 is 3.49. The monoisotopic (exact) mass is 513 g/mol. The molecule has 0 spiro atoms. The quantitative estimate of drug-likeness (QED) is 0.217. The van der Waals surface area contributed by atoms with Gasteiger partial charge in [0.15, 0.2) is 0 Å². The maximum atomic E-state index is 3.84. The number of aromatic nitrogens is 1. The van der Waals surface area contributed by atoms with Crippen LogP contribution in [-0.2, 0) is 5.41 Å². The summed E-state index contributed by atoms with van der Waals surface area (Å²) in [5.41, 5.74) is 11.7. The Bertz CT molecular complexity index is 1770. The summed E-state index contributed by atoms with van der Waals surface area (Å²) in [4.78, 5) is 0. The molecular weight excluding hydrogens is 490 g/mol. The maximum absolute atomic E-state index is 3.84. The highest BCUT2D eigenvalue weighted by atomic mass is 79.9. The fraction of sp³-hybridized carbons (Fsp3) is 0.0909. The normalized spacial score (nSPS) is 13.8. The van der Waals surface area contributed by atoms with Gasteiger partial charge < -0.3 is 4.57 Å². The predicted octanol–water partition coefficient (Wildman–Crippen LogP) is 9.52. The molecule has 5 aromatic carbocycles. The third-order valence-electron chi connectivity index (χ3n) is 7.67. The van der Waals surface area contributed by atoms with Crippen LogP contribution in [0.1, 0.15) is 25.0 Å².